The van der Waals surface area contributed by atoms with Crippen LogP contribution in [0.5, 0.6) is 11.5 Å². The molecule has 0 aromatic heterocycles. The summed E-state index contributed by atoms with van der Waals surface area (Å²) < 4.78 is 38.6. The molecule has 7 heteroatoms. The molecule has 0 saturated heterocycles. The van der Waals surface area contributed by atoms with Crippen molar-refractivity contribution < 1.29 is 17.9 Å². The molecule has 0 bridgehead atoms. The molecule has 132 valence electrons. The van der Waals surface area contributed by atoms with Gasteiger partial charge in [-0.15, -0.1) is 0 Å². The van der Waals surface area contributed by atoms with E-state index in [4.69, 9.17) is 21.1 Å². The van der Waals surface area contributed by atoms with Crippen LogP contribution < -0.4 is 9.47 Å². The highest BCUT2D eigenvalue weighted by molar-refractivity contribution is 7.89. The largest absolute Gasteiger partial charge is 0.493 e. The van der Waals surface area contributed by atoms with Crippen molar-refractivity contribution in [2.24, 2.45) is 0 Å². The molecular formula is C18H18ClNO4S. The molecule has 0 N–H and O–H groups in total. The molecule has 5 nitrogen and oxygen atoms in total. The van der Waals surface area contributed by atoms with E-state index in [1.54, 1.807) is 19.2 Å². The minimum atomic E-state index is -3.61. The van der Waals surface area contributed by atoms with Crippen molar-refractivity contribution in [2.75, 3.05) is 20.3 Å². The summed E-state index contributed by atoms with van der Waals surface area (Å²) in [6.07, 6.45) is 1.60. The molecule has 0 saturated carbocycles. The first kappa shape index (κ1) is 16.7. The number of benzene rings is 2. The molecule has 2 heterocycles. The second kappa shape index (κ2) is 6.20. The zero-order valence-corrected chi connectivity index (χ0v) is 15.4. The summed E-state index contributed by atoms with van der Waals surface area (Å²) in [5.74, 6) is 1.68. The molecule has 0 radical (unpaired) electrons. The Labute approximate surface area is 152 Å². The molecule has 2 aromatic carbocycles. The van der Waals surface area contributed by atoms with Crippen LogP contribution in [0.4, 0.5) is 0 Å². The third-order valence-electron chi connectivity index (χ3n) is 4.66. The lowest BCUT2D eigenvalue weighted by Crippen LogP contribution is -2.27. The molecule has 0 amide bonds. The second-order valence-corrected chi connectivity index (χ2v) is 8.71. The lowest BCUT2D eigenvalue weighted by molar-refractivity contribution is 0.348. The van der Waals surface area contributed by atoms with Gasteiger partial charge in [-0.05, 0) is 30.3 Å². The van der Waals surface area contributed by atoms with Gasteiger partial charge in [0.1, 0.15) is 11.5 Å². The van der Waals surface area contributed by atoms with Gasteiger partial charge in [0.25, 0.3) is 0 Å². The molecule has 0 unspecified atom stereocenters. The van der Waals surface area contributed by atoms with E-state index < -0.39 is 10.0 Å². The van der Waals surface area contributed by atoms with Crippen molar-refractivity contribution in [1.29, 1.82) is 0 Å². The van der Waals surface area contributed by atoms with Gasteiger partial charge < -0.3 is 9.47 Å². The van der Waals surface area contributed by atoms with Gasteiger partial charge in [-0.2, -0.15) is 4.31 Å². The molecule has 0 atom stereocenters. The van der Waals surface area contributed by atoms with Gasteiger partial charge in [0, 0.05) is 48.1 Å². The zero-order chi connectivity index (χ0) is 17.6. The normalized spacial score (nSPS) is 15.6. The molecule has 2 aliphatic rings. The Balaban J connectivity index is 1.70. The molecule has 2 aliphatic heterocycles. The van der Waals surface area contributed by atoms with Crippen molar-refractivity contribution in [3.8, 4) is 11.5 Å². The Kier molecular flexibility index (Phi) is 4.14. The SMILES string of the molecule is CN(Cc1c2c(cc3c1OCC3)OCC2)S(=O)(=O)c1ccc(Cl)cc1. The van der Waals surface area contributed by atoms with Crippen LogP contribution in [-0.4, -0.2) is 33.0 Å². The molecule has 0 fully saturated rings. The number of hydrogen-bond acceptors (Lipinski definition) is 4. The minimum Gasteiger partial charge on any atom is -0.493 e. The van der Waals surface area contributed by atoms with E-state index in [9.17, 15) is 8.42 Å². The molecule has 4 rings (SSSR count). The molecular weight excluding hydrogens is 362 g/mol. The van der Waals surface area contributed by atoms with E-state index in [1.165, 1.54) is 16.4 Å². The number of fused-ring (bicyclic) bond motifs is 2. The molecule has 0 aliphatic carbocycles. The highest BCUT2D eigenvalue weighted by atomic mass is 35.5. The van der Waals surface area contributed by atoms with E-state index >= 15 is 0 Å². The van der Waals surface area contributed by atoms with Gasteiger partial charge in [-0.25, -0.2) is 8.42 Å². The maximum absolute atomic E-state index is 12.9. The average Bonchev–Trinajstić information content (AvgIpc) is 3.23. The summed E-state index contributed by atoms with van der Waals surface area (Å²) in [6, 6.07) is 8.23. The predicted molar refractivity (Wildman–Crippen MR) is 94.9 cm³/mol. The van der Waals surface area contributed by atoms with Crippen LogP contribution in [0.3, 0.4) is 0 Å². The fourth-order valence-corrected chi connectivity index (χ4v) is 4.61. The summed E-state index contributed by atoms with van der Waals surface area (Å²) >= 11 is 5.86. The number of halogens is 1. The standard InChI is InChI=1S/C18H18ClNO4S/c1-20(25(21,22)14-4-2-13(19)3-5-14)11-16-15-7-9-23-17(15)10-12-6-8-24-18(12)16/h2-5,10H,6-9,11H2,1H3. The van der Waals surface area contributed by atoms with Crippen LogP contribution in [0.1, 0.15) is 16.7 Å². The smallest absolute Gasteiger partial charge is 0.243 e. The summed E-state index contributed by atoms with van der Waals surface area (Å²) in [5, 5.41) is 0.505. The second-order valence-electron chi connectivity index (χ2n) is 6.23. The van der Waals surface area contributed by atoms with Crippen LogP contribution in [0.2, 0.25) is 5.02 Å². The highest BCUT2D eigenvalue weighted by Gasteiger charge is 2.29. The van der Waals surface area contributed by atoms with Crippen molar-refractivity contribution in [3.63, 3.8) is 0 Å². The number of ether oxygens (including phenoxy) is 2. The maximum Gasteiger partial charge on any atom is 0.243 e. The first-order chi connectivity index (χ1) is 12.0. The maximum atomic E-state index is 12.9. The fourth-order valence-electron chi connectivity index (χ4n) is 3.35. The van der Waals surface area contributed by atoms with E-state index in [2.05, 4.69) is 0 Å². The Morgan fingerprint density at radius 2 is 1.84 bits per heavy atom. The Morgan fingerprint density at radius 3 is 2.60 bits per heavy atom. The van der Waals surface area contributed by atoms with Gasteiger partial charge in [-0.1, -0.05) is 11.6 Å². The van der Waals surface area contributed by atoms with Crippen molar-refractivity contribution in [3.05, 3.63) is 52.0 Å². The number of sulfonamides is 1. The van der Waals surface area contributed by atoms with Gasteiger partial charge in [0.2, 0.25) is 10.0 Å². The van der Waals surface area contributed by atoms with Crippen molar-refractivity contribution in [1.82, 2.24) is 4.31 Å². The number of rotatable bonds is 4. The van der Waals surface area contributed by atoms with Crippen LogP contribution >= 0.6 is 11.6 Å². The Hall–Kier alpha value is -1.76. The quantitative estimate of drug-likeness (QED) is 0.819. The average molecular weight is 380 g/mol. The predicted octanol–water partition coefficient (Wildman–Crippen LogP) is 3.03. The summed E-state index contributed by atoms with van der Waals surface area (Å²) in [7, 11) is -2.03. The topological polar surface area (TPSA) is 55.8 Å². The first-order valence-electron chi connectivity index (χ1n) is 8.12. The fraction of sp³-hybridized carbons (Fsp3) is 0.333. The Morgan fingerprint density at radius 1 is 1.12 bits per heavy atom. The third-order valence-corrected chi connectivity index (χ3v) is 6.73. The van der Waals surface area contributed by atoms with Crippen molar-refractivity contribution in [2.45, 2.75) is 24.3 Å². The van der Waals surface area contributed by atoms with Crippen LogP contribution in [0, 0.1) is 0 Å². The van der Waals surface area contributed by atoms with Crippen LogP contribution in [0.15, 0.2) is 35.2 Å². The molecule has 2 aromatic rings. The highest BCUT2D eigenvalue weighted by Crippen LogP contribution is 2.41. The van der Waals surface area contributed by atoms with Crippen LogP contribution in [0.25, 0.3) is 0 Å². The van der Waals surface area contributed by atoms with E-state index in [0.717, 1.165) is 41.0 Å². The van der Waals surface area contributed by atoms with Gasteiger partial charge >= 0.3 is 0 Å². The summed E-state index contributed by atoms with van der Waals surface area (Å²) in [5.41, 5.74) is 3.06. The summed E-state index contributed by atoms with van der Waals surface area (Å²) in [6.45, 7) is 1.50. The van der Waals surface area contributed by atoms with Gasteiger partial charge in [-0.3, -0.25) is 0 Å². The van der Waals surface area contributed by atoms with Gasteiger partial charge in [0.15, 0.2) is 0 Å². The monoisotopic (exact) mass is 379 g/mol. The van der Waals surface area contributed by atoms with Crippen molar-refractivity contribution >= 4 is 21.6 Å². The molecule has 25 heavy (non-hydrogen) atoms. The third kappa shape index (κ3) is 2.88. The number of nitrogens with zero attached hydrogens (tertiary/aromatic N) is 1. The lowest BCUT2D eigenvalue weighted by atomic mass is 9.99. The van der Waals surface area contributed by atoms with E-state index in [1.807, 2.05) is 6.07 Å². The zero-order valence-electron chi connectivity index (χ0n) is 13.8. The Bertz CT molecular complexity index is 893. The summed E-state index contributed by atoms with van der Waals surface area (Å²) in [4.78, 5) is 0.223. The van der Waals surface area contributed by atoms with E-state index in [0.29, 0.717) is 18.2 Å². The van der Waals surface area contributed by atoms with Gasteiger partial charge in [0.05, 0.1) is 18.1 Å². The van der Waals surface area contributed by atoms with Crippen LogP contribution in [-0.2, 0) is 29.4 Å². The molecule has 0 spiro atoms. The lowest BCUT2D eigenvalue weighted by Gasteiger charge is -2.20. The number of hydrogen-bond donors (Lipinski definition) is 0. The minimum absolute atomic E-state index is 0.223. The first-order valence-corrected chi connectivity index (χ1v) is 9.94. The van der Waals surface area contributed by atoms with E-state index in [-0.39, 0.29) is 11.4 Å².